The third kappa shape index (κ3) is 1.60. The van der Waals surface area contributed by atoms with Gasteiger partial charge in [-0.3, -0.25) is 14.5 Å². The van der Waals surface area contributed by atoms with Crippen molar-refractivity contribution in [1.29, 1.82) is 0 Å². The number of nitrogens with one attached hydrogen (secondary N) is 1. The molecule has 1 aliphatic carbocycles. The Bertz CT molecular complexity index is 572. The van der Waals surface area contributed by atoms with E-state index in [-0.39, 0.29) is 23.7 Å². The van der Waals surface area contributed by atoms with Crippen molar-refractivity contribution in [3.05, 3.63) is 23.8 Å². The molecule has 0 radical (unpaired) electrons. The summed E-state index contributed by atoms with van der Waals surface area (Å²) in [5, 5.41) is 3.30. The number of hydrogen-bond acceptors (Lipinski definition) is 3. The number of fused-ring (bicyclic) bond motifs is 2. The average Bonchev–Trinajstić information content (AvgIpc) is 3.03. The van der Waals surface area contributed by atoms with E-state index in [4.69, 9.17) is 0 Å². The molecule has 0 aromatic heterocycles. The monoisotopic (exact) mass is 270 g/mol. The fourth-order valence-electron chi connectivity index (χ4n) is 3.85. The molecule has 20 heavy (non-hydrogen) atoms. The second kappa shape index (κ2) is 4.33. The van der Waals surface area contributed by atoms with Gasteiger partial charge in [-0.25, -0.2) is 0 Å². The summed E-state index contributed by atoms with van der Waals surface area (Å²) < 4.78 is 0. The smallest absolute Gasteiger partial charge is 0.237 e. The minimum absolute atomic E-state index is 0.0191. The lowest BCUT2D eigenvalue weighted by Gasteiger charge is -2.19. The van der Waals surface area contributed by atoms with Gasteiger partial charge in [-0.05, 0) is 43.0 Å². The first-order valence-corrected chi connectivity index (χ1v) is 7.50. The molecule has 1 aromatic carbocycles. The van der Waals surface area contributed by atoms with Gasteiger partial charge in [0.25, 0.3) is 0 Å². The molecule has 0 spiro atoms. The van der Waals surface area contributed by atoms with Crippen LogP contribution in [-0.4, -0.2) is 18.4 Å². The Morgan fingerprint density at radius 1 is 1.05 bits per heavy atom. The molecular weight excluding hydrogens is 252 g/mol. The summed E-state index contributed by atoms with van der Waals surface area (Å²) in [6.45, 7) is 0.936. The number of hydrogen-bond donors (Lipinski definition) is 1. The molecule has 2 atom stereocenters. The highest BCUT2D eigenvalue weighted by Crippen LogP contribution is 2.40. The number of carbonyl (C=O) groups is 2. The van der Waals surface area contributed by atoms with Crippen LogP contribution in [0.5, 0.6) is 0 Å². The molecule has 4 rings (SSSR count). The van der Waals surface area contributed by atoms with Gasteiger partial charge >= 0.3 is 0 Å². The summed E-state index contributed by atoms with van der Waals surface area (Å²) in [7, 11) is 0. The molecule has 4 nitrogen and oxygen atoms in total. The van der Waals surface area contributed by atoms with Gasteiger partial charge in [0.2, 0.25) is 11.8 Å². The van der Waals surface area contributed by atoms with Crippen LogP contribution in [-0.2, 0) is 16.0 Å². The number of rotatable bonds is 1. The Hall–Kier alpha value is -1.84. The summed E-state index contributed by atoms with van der Waals surface area (Å²) in [6, 6.07) is 5.88. The highest BCUT2D eigenvalue weighted by molar-refractivity contribution is 6.22. The largest absolute Gasteiger partial charge is 0.384 e. The number of imide groups is 1. The number of carbonyl (C=O) groups excluding carboxylic acids is 2. The minimum atomic E-state index is -0.0670. The van der Waals surface area contributed by atoms with E-state index in [9.17, 15) is 9.59 Å². The number of nitrogens with zero attached hydrogens (tertiary/aromatic N) is 1. The molecule has 4 heteroatoms. The number of anilines is 2. The van der Waals surface area contributed by atoms with E-state index in [2.05, 4.69) is 5.32 Å². The summed E-state index contributed by atoms with van der Waals surface area (Å²) >= 11 is 0. The topological polar surface area (TPSA) is 49.4 Å². The van der Waals surface area contributed by atoms with E-state index in [1.165, 1.54) is 10.5 Å². The van der Waals surface area contributed by atoms with Crippen LogP contribution < -0.4 is 10.2 Å². The van der Waals surface area contributed by atoms with E-state index in [0.717, 1.165) is 50.0 Å². The highest BCUT2D eigenvalue weighted by Gasteiger charge is 2.48. The summed E-state index contributed by atoms with van der Waals surface area (Å²) in [4.78, 5) is 26.5. The molecule has 1 N–H and O–H groups in total. The van der Waals surface area contributed by atoms with Gasteiger partial charge < -0.3 is 5.32 Å². The van der Waals surface area contributed by atoms with Crippen LogP contribution in [0.4, 0.5) is 11.4 Å². The quantitative estimate of drug-likeness (QED) is 0.797. The third-order valence-electron chi connectivity index (χ3n) is 4.90. The SMILES string of the molecule is O=C1C2CCCCC2C(=O)N1c1ccc2c(c1)CCN2. The summed E-state index contributed by atoms with van der Waals surface area (Å²) in [6.07, 6.45) is 4.85. The van der Waals surface area contributed by atoms with Crippen molar-refractivity contribution in [3.63, 3.8) is 0 Å². The molecule has 2 aliphatic heterocycles. The fraction of sp³-hybridized carbons (Fsp3) is 0.500. The average molecular weight is 270 g/mol. The zero-order chi connectivity index (χ0) is 13.7. The first kappa shape index (κ1) is 11.9. The van der Waals surface area contributed by atoms with Gasteiger partial charge in [0.1, 0.15) is 0 Å². The number of amides is 2. The van der Waals surface area contributed by atoms with Crippen LogP contribution in [0.2, 0.25) is 0 Å². The first-order chi connectivity index (χ1) is 9.75. The van der Waals surface area contributed by atoms with Crippen molar-refractivity contribution in [1.82, 2.24) is 0 Å². The van der Waals surface area contributed by atoms with Crippen molar-refractivity contribution in [2.45, 2.75) is 32.1 Å². The molecule has 104 valence electrons. The molecule has 1 saturated heterocycles. The summed E-state index contributed by atoms with van der Waals surface area (Å²) in [5.74, 6) is -0.0959. The number of benzene rings is 1. The predicted molar refractivity (Wildman–Crippen MR) is 76.6 cm³/mol. The van der Waals surface area contributed by atoms with E-state index in [0.29, 0.717) is 0 Å². The zero-order valence-electron chi connectivity index (χ0n) is 11.4. The van der Waals surface area contributed by atoms with Gasteiger partial charge in [0.05, 0.1) is 17.5 Å². The Kier molecular flexibility index (Phi) is 2.59. The first-order valence-electron chi connectivity index (χ1n) is 7.50. The van der Waals surface area contributed by atoms with Crippen LogP contribution in [0.1, 0.15) is 31.2 Å². The van der Waals surface area contributed by atoms with Crippen LogP contribution >= 0.6 is 0 Å². The lowest BCUT2D eigenvalue weighted by molar-refractivity contribution is -0.122. The lowest BCUT2D eigenvalue weighted by Crippen LogP contribution is -2.30. The van der Waals surface area contributed by atoms with E-state index in [1.54, 1.807) is 0 Å². The van der Waals surface area contributed by atoms with Gasteiger partial charge in [-0.1, -0.05) is 12.8 Å². The maximum atomic E-state index is 12.5. The normalized spacial score (nSPS) is 28.3. The molecule has 1 aromatic rings. The standard InChI is InChI=1S/C16H18N2O2/c19-15-12-3-1-2-4-13(12)16(20)18(15)11-5-6-14-10(9-11)7-8-17-14/h5-6,9,12-13,17H,1-4,7-8H2. The molecule has 3 aliphatic rings. The second-order valence-corrected chi connectivity index (χ2v) is 6.03. The molecule has 2 amide bonds. The second-order valence-electron chi connectivity index (χ2n) is 6.03. The molecule has 2 unspecified atom stereocenters. The molecule has 2 fully saturated rings. The van der Waals surface area contributed by atoms with Gasteiger partial charge in [0, 0.05) is 12.2 Å². The third-order valence-corrected chi connectivity index (χ3v) is 4.90. The van der Waals surface area contributed by atoms with Crippen LogP contribution in [0.3, 0.4) is 0 Å². The van der Waals surface area contributed by atoms with Crippen molar-refractivity contribution in [3.8, 4) is 0 Å². The predicted octanol–water partition coefficient (Wildman–Crippen LogP) is 2.33. The maximum Gasteiger partial charge on any atom is 0.237 e. The fourth-order valence-corrected chi connectivity index (χ4v) is 3.85. The van der Waals surface area contributed by atoms with Gasteiger partial charge in [-0.15, -0.1) is 0 Å². The van der Waals surface area contributed by atoms with Crippen molar-refractivity contribution >= 4 is 23.2 Å². The van der Waals surface area contributed by atoms with Crippen molar-refractivity contribution < 1.29 is 9.59 Å². The molecule has 0 bridgehead atoms. The Balaban J connectivity index is 1.71. The molecule has 1 saturated carbocycles. The highest BCUT2D eigenvalue weighted by atomic mass is 16.2. The van der Waals surface area contributed by atoms with E-state index < -0.39 is 0 Å². The Labute approximate surface area is 118 Å². The van der Waals surface area contributed by atoms with Crippen LogP contribution in [0, 0.1) is 11.8 Å². The zero-order valence-corrected chi connectivity index (χ0v) is 11.4. The lowest BCUT2D eigenvalue weighted by atomic mass is 9.81. The molecule has 2 heterocycles. The van der Waals surface area contributed by atoms with Gasteiger partial charge in [-0.2, -0.15) is 0 Å². The molecular formula is C16H18N2O2. The Morgan fingerprint density at radius 2 is 1.75 bits per heavy atom. The van der Waals surface area contributed by atoms with Crippen LogP contribution in [0.15, 0.2) is 18.2 Å². The maximum absolute atomic E-state index is 12.5. The summed E-state index contributed by atoms with van der Waals surface area (Å²) in [5.41, 5.74) is 3.10. The van der Waals surface area contributed by atoms with Crippen molar-refractivity contribution in [2.24, 2.45) is 11.8 Å². The van der Waals surface area contributed by atoms with Gasteiger partial charge in [0.15, 0.2) is 0 Å². The Morgan fingerprint density at radius 3 is 2.45 bits per heavy atom. The van der Waals surface area contributed by atoms with Crippen LogP contribution in [0.25, 0.3) is 0 Å². The van der Waals surface area contributed by atoms with Crippen molar-refractivity contribution in [2.75, 3.05) is 16.8 Å². The van der Waals surface area contributed by atoms with E-state index in [1.807, 2.05) is 18.2 Å². The minimum Gasteiger partial charge on any atom is -0.384 e. The van der Waals surface area contributed by atoms with E-state index >= 15 is 0 Å².